The molecule has 0 saturated heterocycles. The molecule has 0 saturated carbocycles. The molecule has 1 heterocycles. The Morgan fingerprint density at radius 2 is 1.76 bits per heavy atom. The predicted octanol–water partition coefficient (Wildman–Crippen LogP) is 3.88. The Balaban J connectivity index is 1.83. The van der Waals surface area contributed by atoms with Crippen LogP contribution in [0.1, 0.15) is 30.9 Å². The summed E-state index contributed by atoms with van der Waals surface area (Å²) in [5, 5.41) is 3.73. The van der Waals surface area contributed by atoms with E-state index in [0.717, 1.165) is 43.1 Å². The molecule has 132 valence electrons. The summed E-state index contributed by atoms with van der Waals surface area (Å²) in [6.07, 6.45) is 5.49. The van der Waals surface area contributed by atoms with E-state index in [4.69, 9.17) is 14.2 Å². The molecule has 4 heteroatoms. The fraction of sp³-hybridized carbons (Fsp3) is 0.429. The number of rotatable bonds is 4. The number of hydrogen-bond acceptors (Lipinski definition) is 4. The maximum absolute atomic E-state index is 5.72. The fourth-order valence-electron chi connectivity index (χ4n) is 4.37. The maximum atomic E-state index is 5.72. The summed E-state index contributed by atoms with van der Waals surface area (Å²) in [5.74, 6) is 3.45. The predicted molar refractivity (Wildman–Crippen MR) is 97.2 cm³/mol. The van der Waals surface area contributed by atoms with E-state index < -0.39 is 0 Å². The van der Waals surface area contributed by atoms with Crippen LogP contribution in [0.4, 0.5) is 0 Å². The van der Waals surface area contributed by atoms with Gasteiger partial charge in [-0.3, -0.25) is 0 Å². The Morgan fingerprint density at radius 3 is 2.44 bits per heavy atom. The van der Waals surface area contributed by atoms with Crippen LogP contribution in [0, 0.1) is 5.92 Å². The smallest absolute Gasteiger partial charge is 0.130 e. The standard InChI is InChI=1S/C21H25NO3/c1-23-15-7-4-14(5-8-15)21-16-12-18(25-3)20-17(24-2)9-6-13(19(16)20)10-11-22-21/h4-5,7-8,12-13,21-22H,6,9-11H2,1-3H3/t13-,21+/m0/s1. The highest BCUT2D eigenvalue weighted by Gasteiger charge is 2.39. The molecule has 0 aromatic heterocycles. The van der Waals surface area contributed by atoms with Crippen molar-refractivity contribution in [2.45, 2.75) is 25.3 Å². The van der Waals surface area contributed by atoms with Gasteiger partial charge in [-0.25, -0.2) is 0 Å². The van der Waals surface area contributed by atoms with Gasteiger partial charge in [-0.05, 0) is 60.2 Å². The van der Waals surface area contributed by atoms with Crippen molar-refractivity contribution in [3.63, 3.8) is 0 Å². The molecule has 2 atom stereocenters. The molecule has 0 bridgehead atoms. The van der Waals surface area contributed by atoms with Crippen LogP contribution < -0.4 is 10.1 Å². The van der Waals surface area contributed by atoms with E-state index in [-0.39, 0.29) is 6.04 Å². The minimum absolute atomic E-state index is 0.171. The van der Waals surface area contributed by atoms with Gasteiger partial charge >= 0.3 is 0 Å². The molecule has 1 aromatic carbocycles. The number of hydrogen-bond donors (Lipinski definition) is 1. The molecule has 0 fully saturated rings. The fourth-order valence-corrected chi connectivity index (χ4v) is 4.37. The lowest BCUT2D eigenvalue weighted by atomic mass is 9.80. The summed E-state index contributed by atoms with van der Waals surface area (Å²) in [5.41, 5.74) is 5.19. The largest absolute Gasteiger partial charge is 0.500 e. The lowest BCUT2D eigenvalue weighted by Gasteiger charge is -2.28. The first-order valence-corrected chi connectivity index (χ1v) is 8.91. The summed E-state index contributed by atoms with van der Waals surface area (Å²) < 4.78 is 16.7. The monoisotopic (exact) mass is 339 g/mol. The molecule has 0 amide bonds. The van der Waals surface area contributed by atoms with Gasteiger partial charge in [0.1, 0.15) is 17.3 Å². The topological polar surface area (TPSA) is 39.7 Å². The molecular formula is C21H25NO3. The first-order valence-electron chi connectivity index (χ1n) is 8.91. The quantitative estimate of drug-likeness (QED) is 0.904. The maximum Gasteiger partial charge on any atom is 0.130 e. The molecule has 25 heavy (non-hydrogen) atoms. The van der Waals surface area contributed by atoms with Crippen molar-refractivity contribution in [2.24, 2.45) is 5.92 Å². The first-order chi connectivity index (χ1) is 12.3. The zero-order valence-electron chi connectivity index (χ0n) is 15.1. The van der Waals surface area contributed by atoms with Crippen molar-refractivity contribution in [3.8, 4) is 5.75 Å². The van der Waals surface area contributed by atoms with Gasteiger partial charge in [-0.2, -0.15) is 0 Å². The Bertz CT molecular complexity index is 758. The third kappa shape index (κ3) is 2.65. The van der Waals surface area contributed by atoms with Gasteiger partial charge in [0.15, 0.2) is 0 Å². The highest BCUT2D eigenvalue weighted by molar-refractivity contribution is 5.63. The number of methoxy groups -OCH3 is 3. The molecule has 1 N–H and O–H groups in total. The normalized spacial score (nSPS) is 25.3. The van der Waals surface area contributed by atoms with E-state index >= 15 is 0 Å². The average molecular weight is 339 g/mol. The van der Waals surface area contributed by atoms with Crippen LogP contribution in [0.5, 0.6) is 5.75 Å². The van der Waals surface area contributed by atoms with Crippen molar-refractivity contribution in [1.82, 2.24) is 5.32 Å². The van der Waals surface area contributed by atoms with Crippen LogP contribution >= 0.6 is 0 Å². The molecule has 2 aliphatic carbocycles. The number of nitrogens with one attached hydrogen (secondary N) is 1. The van der Waals surface area contributed by atoms with Crippen molar-refractivity contribution < 1.29 is 14.2 Å². The number of allylic oxidation sites excluding steroid dienone is 2. The van der Waals surface area contributed by atoms with E-state index in [1.54, 1.807) is 21.3 Å². The van der Waals surface area contributed by atoms with E-state index in [0.29, 0.717) is 5.92 Å². The molecule has 1 aliphatic heterocycles. The van der Waals surface area contributed by atoms with Crippen LogP contribution in [-0.2, 0) is 9.47 Å². The lowest BCUT2D eigenvalue weighted by molar-refractivity contribution is 0.244. The summed E-state index contributed by atoms with van der Waals surface area (Å²) in [6, 6.07) is 8.51. The first kappa shape index (κ1) is 16.3. The van der Waals surface area contributed by atoms with Gasteiger partial charge in [-0.15, -0.1) is 0 Å². The third-order valence-corrected chi connectivity index (χ3v) is 5.59. The number of benzene rings is 1. The molecule has 0 unspecified atom stereocenters. The van der Waals surface area contributed by atoms with Crippen LogP contribution in [0.3, 0.4) is 0 Å². The molecule has 1 aromatic rings. The SMILES string of the molecule is COC1=CC2=C3C1=C(OC)CC[C@H]3CCN[C@@H]2c1ccc(OC)cc1. The molecule has 0 spiro atoms. The summed E-state index contributed by atoms with van der Waals surface area (Å²) in [7, 11) is 5.21. The lowest BCUT2D eigenvalue weighted by Crippen LogP contribution is -2.22. The van der Waals surface area contributed by atoms with Gasteiger partial charge in [0.25, 0.3) is 0 Å². The van der Waals surface area contributed by atoms with Gasteiger partial charge in [0, 0.05) is 6.42 Å². The highest BCUT2D eigenvalue weighted by atomic mass is 16.5. The van der Waals surface area contributed by atoms with Crippen molar-refractivity contribution in [2.75, 3.05) is 27.9 Å². The van der Waals surface area contributed by atoms with E-state index in [1.807, 2.05) is 12.1 Å². The van der Waals surface area contributed by atoms with Gasteiger partial charge in [0.05, 0.1) is 32.9 Å². The highest BCUT2D eigenvalue weighted by Crippen LogP contribution is 2.50. The minimum atomic E-state index is 0.171. The summed E-state index contributed by atoms with van der Waals surface area (Å²) in [6.45, 7) is 1.01. The van der Waals surface area contributed by atoms with Crippen molar-refractivity contribution in [1.29, 1.82) is 0 Å². The molecule has 4 rings (SSSR count). The Labute approximate surface area is 149 Å². The Hall–Kier alpha value is -2.20. The van der Waals surface area contributed by atoms with Crippen molar-refractivity contribution >= 4 is 0 Å². The molecule has 4 nitrogen and oxygen atoms in total. The van der Waals surface area contributed by atoms with Crippen LogP contribution in [0.15, 0.2) is 58.6 Å². The van der Waals surface area contributed by atoms with Gasteiger partial charge < -0.3 is 19.5 Å². The summed E-state index contributed by atoms with van der Waals surface area (Å²) >= 11 is 0. The van der Waals surface area contributed by atoms with E-state index in [9.17, 15) is 0 Å². The average Bonchev–Trinajstić information content (AvgIpc) is 2.95. The Morgan fingerprint density at radius 1 is 0.960 bits per heavy atom. The molecule has 3 aliphatic rings. The second-order valence-electron chi connectivity index (χ2n) is 6.77. The van der Waals surface area contributed by atoms with Gasteiger partial charge in [0.2, 0.25) is 0 Å². The zero-order valence-corrected chi connectivity index (χ0v) is 15.1. The van der Waals surface area contributed by atoms with Crippen LogP contribution in [-0.4, -0.2) is 27.9 Å². The summed E-state index contributed by atoms with van der Waals surface area (Å²) in [4.78, 5) is 0. The van der Waals surface area contributed by atoms with Crippen LogP contribution in [0.25, 0.3) is 0 Å². The third-order valence-electron chi connectivity index (χ3n) is 5.59. The Kier molecular flexibility index (Phi) is 4.30. The zero-order chi connectivity index (χ0) is 17.4. The van der Waals surface area contributed by atoms with E-state index in [2.05, 4.69) is 23.5 Å². The van der Waals surface area contributed by atoms with Crippen LogP contribution in [0.2, 0.25) is 0 Å². The number of ether oxygens (including phenoxy) is 3. The molecular weight excluding hydrogens is 314 g/mol. The second-order valence-corrected chi connectivity index (χ2v) is 6.77. The second kappa shape index (κ2) is 6.60. The van der Waals surface area contributed by atoms with Crippen molar-refractivity contribution in [3.05, 3.63) is 64.1 Å². The van der Waals surface area contributed by atoms with E-state index in [1.165, 1.54) is 22.3 Å². The minimum Gasteiger partial charge on any atom is -0.500 e. The molecule has 0 radical (unpaired) electrons. The van der Waals surface area contributed by atoms with Gasteiger partial charge in [-0.1, -0.05) is 12.1 Å².